The summed E-state index contributed by atoms with van der Waals surface area (Å²) in [6, 6.07) is 0. The Morgan fingerprint density at radius 1 is 1.35 bits per heavy atom. The zero-order valence-electron chi connectivity index (χ0n) is 12.7. The van der Waals surface area contributed by atoms with E-state index in [2.05, 4.69) is 39.2 Å². The molecule has 0 bridgehead atoms. The van der Waals surface area contributed by atoms with E-state index in [1.54, 1.807) is 0 Å². The van der Waals surface area contributed by atoms with Crippen LogP contribution in [0.2, 0.25) is 0 Å². The van der Waals surface area contributed by atoms with Crippen molar-refractivity contribution in [2.45, 2.75) is 39.7 Å². The third kappa shape index (κ3) is 4.45. The van der Waals surface area contributed by atoms with Gasteiger partial charge in [0.05, 0.1) is 0 Å². The molecule has 6 heteroatoms. The van der Waals surface area contributed by atoms with Crippen LogP contribution in [0.25, 0.3) is 0 Å². The summed E-state index contributed by atoms with van der Waals surface area (Å²) >= 11 is 0. The second-order valence-electron chi connectivity index (χ2n) is 5.37. The SMILES string of the molecule is CCCOCc1nc(N2CCC(CNCC)CC2)n[nH]1. The topological polar surface area (TPSA) is 66.1 Å². The number of piperidine rings is 1. The molecule has 20 heavy (non-hydrogen) atoms. The van der Waals surface area contributed by atoms with Crippen molar-refractivity contribution in [2.24, 2.45) is 5.92 Å². The molecule has 0 aromatic carbocycles. The van der Waals surface area contributed by atoms with Crippen molar-refractivity contribution in [3.05, 3.63) is 5.82 Å². The van der Waals surface area contributed by atoms with Crippen molar-refractivity contribution in [3.63, 3.8) is 0 Å². The number of hydrogen-bond donors (Lipinski definition) is 2. The van der Waals surface area contributed by atoms with E-state index in [-0.39, 0.29) is 0 Å². The van der Waals surface area contributed by atoms with Gasteiger partial charge in [0.25, 0.3) is 0 Å². The first-order valence-corrected chi connectivity index (χ1v) is 7.78. The summed E-state index contributed by atoms with van der Waals surface area (Å²) in [5.41, 5.74) is 0. The fraction of sp³-hybridized carbons (Fsp3) is 0.857. The Morgan fingerprint density at radius 2 is 2.15 bits per heavy atom. The largest absolute Gasteiger partial charge is 0.373 e. The zero-order chi connectivity index (χ0) is 14.2. The molecule has 2 rings (SSSR count). The van der Waals surface area contributed by atoms with Crippen LogP contribution in [-0.4, -0.2) is 48.0 Å². The van der Waals surface area contributed by atoms with Gasteiger partial charge >= 0.3 is 0 Å². The third-order valence-electron chi connectivity index (χ3n) is 3.69. The van der Waals surface area contributed by atoms with Crippen LogP contribution in [0.5, 0.6) is 0 Å². The Morgan fingerprint density at radius 3 is 2.85 bits per heavy atom. The molecule has 0 amide bonds. The fourth-order valence-corrected chi connectivity index (χ4v) is 2.49. The summed E-state index contributed by atoms with van der Waals surface area (Å²) in [7, 11) is 0. The lowest BCUT2D eigenvalue weighted by atomic mass is 9.97. The molecule has 1 saturated heterocycles. The van der Waals surface area contributed by atoms with Crippen molar-refractivity contribution in [1.82, 2.24) is 20.5 Å². The predicted octanol–water partition coefficient (Wildman–Crippen LogP) is 1.56. The molecule has 2 N–H and O–H groups in total. The first kappa shape index (κ1) is 15.3. The fourth-order valence-electron chi connectivity index (χ4n) is 2.49. The van der Waals surface area contributed by atoms with Gasteiger partial charge < -0.3 is 15.0 Å². The monoisotopic (exact) mass is 281 g/mol. The summed E-state index contributed by atoms with van der Waals surface area (Å²) in [6.45, 7) is 9.83. The van der Waals surface area contributed by atoms with Crippen LogP contribution in [0.15, 0.2) is 0 Å². The molecule has 0 aliphatic carbocycles. The number of hydrogen-bond acceptors (Lipinski definition) is 5. The minimum absolute atomic E-state index is 0.526. The summed E-state index contributed by atoms with van der Waals surface area (Å²) in [5.74, 6) is 2.43. The van der Waals surface area contributed by atoms with Crippen molar-refractivity contribution < 1.29 is 4.74 Å². The van der Waals surface area contributed by atoms with Crippen molar-refractivity contribution in [3.8, 4) is 0 Å². The lowest BCUT2D eigenvalue weighted by molar-refractivity contribution is 0.116. The molecular formula is C14H27N5O. The van der Waals surface area contributed by atoms with Crippen LogP contribution in [0.3, 0.4) is 0 Å². The highest BCUT2D eigenvalue weighted by molar-refractivity contribution is 5.29. The van der Waals surface area contributed by atoms with Gasteiger partial charge in [0.15, 0.2) is 5.82 Å². The second-order valence-corrected chi connectivity index (χ2v) is 5.37. The van der Waals surface area contributed by atoms with Crippen LogP contribution >= 0.6 is 0 Å². The maximum Gasteiger partial charge on any atom is 0.244 e. The van der Waals surface area contributed by atoms with Crippen LogP contribution < -0.4 is 10.2 Å². The van der Waals surface area contributed by atoms with Gasteiger partial charge in [-0.15, -0.1) is 5.10 Å². The predicted molar refractivity (Wildman–Crippen MR) is 79.8 cm³/mol. The number of nitrogens with zero attached hydrogens (tertiary/aromatic N) is 3. The standard InChI is InChI=1S/C14H27N5O/c1-3-9-20-11-13-16-14(18-17-13)19-7-5-12(6-8-19)10-15-4-2/h12,15H,3-11H2,1-2H3,(H,16,17,18). The van der Waals surface area contributed by atoms with Crippen molar-refractivity contribution in [2.75, 3.05) is 37.7 Å². The Bertz CT molecular complexity index is 373. The van der Waals surface area contributed by atoms with Gasteiger partial charge in [-0.1, -0.05) is 13.8 Å². The minimum atomic E-state index is 0.526. The molecule has 0 unspecified atom stereocenters. The maximum atomic E-state index is 5.47. The van der Waals surface area contributed by atoms with Gasteiger partial charge in [-0.05, 0) is 38.3 Å². The molecule has 1 aromatic heterocycles. The van der Waals surface area contributed by atoms with Crippen LogP contribution in [0.1, 0.15) is 38.9 Å². The van der Waals surface area contributed by atoms with Gasteiger partial charge in [-0.25, -0.2) is 0 Å². The molecule has 0 saturated carbocycles. The number of H-pyrrole nitrogens is 1. The molecule has 114 valence electrons. The lowest BCUT2D eigenvalue weighted by Gasteiger charge is -2.31. The molecule has 1 aromatic rings. The summed E-state index contributed by atoms with van der Waals surface area (Å²) in [6.07, 6.45) is 3.45. The second kappa shape index (κ2) is 8.21. The van der Waals surface area contributed by atoms with Gasteiger partial charge in [0, 0.05) is 19.7 Å². The van der Waals surface area contributed by atoms with Gasteiger partial charge in [-0.3, -0.25) is 5.10 Å². The van der Waals surface area contributed by atoms with E-state index in [9.17, 15) is 0 Å². The molecule has 0 spiro atoms. The van der Waals surface area contributed by atoms with Crippen LogP contribution in [0, 0.1) is 5.92 Å². The molecule has 6 nitrogen and oxygen atoms in total. The number of anilines is 1. The minimum Gasteiger partial charge on any atom is -0.373 e. The number of ether oxygens (including phenoxy) is 1. The van der Waals surface area contributed by atoms with Crippen molar-refractivity contribution >= 4 is 5.95 Å². The molecule has 1 aliphatic heterocycles. The highest BCUT2D eigenvalue weighted by atomic mass is 16.5. The van der Waals surface area contributed by atoms with E-state index in [0.29, 0.717) is 6.61 Å². The van der Waals surface area contributed by atoms with Gasteiger partial charge in [-0.2, -0.15) is 4.98 Å². The molecular weight excluding hydrogens is 254 g/mol. The smallest absolute Gasteiger partial charge is 0.244 e. The molecule has 1 fully saturated rings. The number of aromatic amines is 1. The normalized spacial score (nSPS) is 16.8. The van der Waals surface area contributed by atoms with Crippen LogP contribution in [0.4, 0.5) is 5.95 Å². The third-order valence-corrected chi connectivity index (χ3v) is 3.69. The van der Waals surface area contributed by atoms with Crippen LogP contribution in [-0.2, 0) is 11.3 Å². The molecule has 1 aliphatic rings. The Hall–Kier alpha value is -1.14. The number of rotatable bonds is 8. The average Bonchev–Trinajstić information content (AvgIpc) is 2.95. The van der Waals surface area contributed by atoms with Gasteiger partial charge in [0.2, 0.25) is 5.95 Å². The number of nitrogens with one attached hydrogen (secondary N) is 2. The highest BCUT2D eigenvalue weighted by Crippen LogP contribution is 2.20. The molecule has 0 atom stereocenters. The maximum absolute atomic E-state index is 5.47. The summed E-state index contributed by atoms with van der Waals surface area (Å²) in [4.78, 5) is 6.78. The highest BCUT2D eigenvalue weighted by Gasteiger charge is 2.21. The first-order chi connectivity index (χ1) is 9.83. The number of aromatic nitrogens is 3. The van der Waals surface area contributed by atoms with E-state index < -0.39 is 0 Å². The van der Waals surface area contributed by atoms with E-state index in [0.717, 1.165) is 56.9 Å². The van der Waals surface area contributed by atoms with E-state index in [1.165, 1.54) is 12.8 Å². The lowest BCUT2D eigenvalue weighted by Crippen LogP contribution is -2.37. The van der Waals surface area contributed by atoms with E-state index in [4.69, 9.17) is 4.74 Å². The van der Waals surface area contributed by atoms with Crippen molar-refractivity contribution in [1.29, 1.82) is 0 Å². The van der Waals surface area contributed by atoms with E-state index >= 15 is 0 Å². The van der Waals surface area contributed by atoms with Gasteiger partial charge in [0.1, 0.15) is 6.61 Å². The Labute approximate surface area is 121 Å². The summed E-state index contributed by atoms with van der Waals surface area (Å²) in [5, 5.41) is 10.7. The first-order valence-electron chi connectivity index (χ1n) is 7.78. The quantitative estimate of drug-likeness (QED) is 0.708. The molecule has 2 heterocycles. The van der Waals surface area contributed by atoms with E-state index in [1.807, 2.05) is 0 Å². The average molecular weight is 281 g/mol. The zero-order valence-corrected chi connectivity index (χ0v) is 12.7. The molecule has 0 radical (unpaired) electrons. The Balaban J connectivity index is 1.75. The Kier molecular flexibility index (Phi) is 6.26. The summed E-state index contributed by atoms with van der Waals surface area (Å²) < 4.78 is 5.47.